The molecule has 0 aromatic carbocycles. The van der Waals surface area contributed by atoms with E-state index in [4.69, 9.17) is 22.6 Å². The molecule has 10 N–H and O–H groups in total. The first-order chi connectivity index (χ1) is 10.8. The van der Waals surface area contributed by atoms with Crippen LogP contribution in [0.4, 0.5) is 0 Å². The summed E-state index contributed by atoms with van der Waals surface area (Å²) in [6, 6.07) is -1.93. The van der Waals surface area contributed by atoms with Crippen molar-refractivity contribution in [2.24, 2.45) is 17.2 Å². The van der Waals surface area contributed by atoms with E-state index in [-0.39, 0.29) is 25.2 Å². The number of primary amides is 2. The van der Waals surface area contributed by atoms with E-state index in [0.29, 0.717) is 19.4 Å². The predicted octanol–water partition coefficient (Wildman–Crippen LogP) is -3.40. The highest BCUT2D eigenvalue weighted by Gasteiger charge is 2.24. The van der Waals surface area contributed by atoms with Crippen LogP contribution in [0.25, 0.3) is 0 Å². The first-order valence-electron chi connectivity index (χ1n) is 6.93. The first-order valence-corrected chi connectivity index (χ1v) is 6.93. The number of nitrogens with two attached hydrogens (primary N) is 3. The fraction of sp³-hybridized carbons (Fsp3) is 0.583. The second kappa shape index (κ2) is 10.8. The van der Waals surface area contributed by atoms with Crippen LogP contribution in [0, 0.1) is 5.41 Å². The highest BCUT2D eigenvalue weighted by molar-refractivity contribution is 5.90. The van der Waals surface area contributed by atoms with Crippen LogP contribution >= 0.6 is 0 Å². The fourth-order valence-electron chi connectivity index (χ4n) is 1.75. The van der Waals surface area contributed by atoms with Gasteiger partial charge >= 0.3 is 0 Å². The van der Waals surface area contributed by atoms with Crippen LogP contribution in [-0.2, 0) is 19.2 Å². The summed E-state index contributed by atoms with van der Waals surface area (Å²) < 4.78 is 0. The molecule has 0 radical (unpaired) electrons. The SMILES string of the molecule is N=C(N)NCCC[C@H](NC(=O)[C@H](CCC(N)=O)NC=O)C(N)=O. The van der Waals surface area contributed by atoms with Crippen molar-refractivity contribution in [3.63, 3.8) is 0 Å². The summed E-state index contributed by atoms with van der Waals surface area (Å²) in [5.74, 6) is -2.19. The van der Waals surface area contributed by atoms with Crippen molar-refractivity contribution in [3.05, 3.63) is 0 Å². The molecule has 0 heterocycles. The molecule has 0 unspecified atom stereocenters. The molecule has 130 valence electrons. The summed E-state index contributed by atoms with van der Waals surface area (Å²) in [6.45, 7) is 0.340. The Morgan fingerprint density at radius 3 is 2.22 bits per heavy atom. The molecule has 0 spiro atoms. The smallest absolute Gasteiger partial charge is 0.243 e. The van der Waals surface area contributed by atoms with Gasteiger partial charge in [-0.05, 0) is 19.3 Å². The van der Waals surface area contributed by atoms with Crippen molar-refractivity contribution < 1.29 is 19.2 Å². The summed E-state index contributed by atoms with van der Waals surface area (Å²) in [5.41, 5.74) is 15.3. The van der Waals surface area contributed by atoms with E-state index in [1.165, 1.54) is 0 Å². The lowest BCUT2D eigenvalue weighted by molar-refractivity contribution is -0.130. The van der Waals surface area contributed by atoms with Crippen molar-refractivity contribution in [1.82, 2.24) is 16.0 Å². The topological polar surface area (TPSA) is 206 Å². The number of carbonyl (C=O) groups excluding carboxylic acids is 4. The second-order valence-corrected chi connectivity index (χ2v) is 4.79. The van der Waals surface area contributed by atoms with Crippen LogP contribution in [-0.4, -0.2) is 48.7 Å². The molecule has 4 amide bonds. The summed E-state index contributed by atoms with van der Waals surface area (Å²) in [4.78, 5) is 44.7. The molecule has 2 atom stereocenters. The van der Waals surface area contributed by atoms with Crippen LogP contribution in [0.15, 0.2) is 0 Å². The Balaban J connectivity index is 4.53. The highest BCUT2D eigenvalue weighted by atomic mass is 16.2. The van der Waals surface area contributed by atoms with Gasteiger partial charge < -0.3 is 33.2 Å². The van der Waals surface area contributed by atoms with E-state index in [1.54, 1.807) is 0 Å². The molecule has 11 nitrogen and oxygen atoms in total. The van der Waals surface area contributed by atoms with E-state index in [9.17, 15) is 19.2 Å². The summed E-state index contributed by atoms with van der Waals surface area (Å²) >= 11 is 0. The molecular weight excluding hydrogens is 306 g/mol. The molecular formula is C12H23N7O4. The molecule has 0 aliphatic rings. The molecule has 0 saturated carbocycles. The maximum Gasteiger partial charge on any atom is 0.243 e. The van der Waals surface area contributed by atoms with Crippen molar-refractivity contribution >= 4 is 30.1 Å². The van der Waals surface area contributed by atoms with Gasteiger partial charge in [-0.15, -0.1) is 0 Å². The monoisotopic (exact) mass is 329 g/mol. The number of nitrogens with one attached hydrogen (secondary N) is 4. The minimum atomic E-state index is -0.989. The highest BCUT2D eigenvalue weighted by Crippen LogP contribution is 2.01. The van der Waals surface area contributed by atoms with E-state index in [1.807, 2.05) is 0 Å². The van der Waals surface area contributed by atoms with E-state index in [2.05, 4.69) is 16.0 Å². The Bertz CT molecular complexity index is 455. The Morgan fingerprint density at radius 2 is 1.74 bits per heavy atom. The molecule has 0 fully saturated rings. The molecule has 11 heteroatoms. The minimum Gasteiger partial charge on any atom is -0.370 e. The van der Waals surface area contributed by atoms with Crippen LogP contribution in [0.1, 0.15) is 25.7 Å². The fourth-order valence-corrected chi connectivity index (χ4v) is 1.75. The maximum absolute atomic E-state index is 12.0. The summed E-state index contributed by atoms with van der Waals surface area (Å²) in [5, 5.41) is 14.2. The van der Waals surface area contributed by atoms with Crippen molar-refractivity contribution in [2.45, 2.75) is 37.8 Å². The number of hydrogen-bond acceptors (Lipinski definition) is 5. The first kappa shape index (κ1) is 20.1. The molecule has 0 aromatic rings. The van der Waals surface area contributed by atoms with E-state index >= 15 is 0 Å². The van der Waals surface area contributed by atoms with Gasteiger partial charge in [-0.3, -0.25) is 24.6 Å². The lowest BCUT2D eigenvalue weighted by Crippen LogP contribution is -2.52. The predicted molar refractivity (Wildman–Crippen MR) is 81.7 cm³/mol. The zero-order valence-corrected chi connectivity index (χ0v) is 12.6. The van der Waals surface area contributed by atoms with Gasteiger partial charge in [0.05, 0.1) is 0 Å². The number of amides is 4. The third-order valence-corrected chi connectivity index (χ3v) is 2.91. The van der Waals surface area contributed by atoms with Gasteiger partial charge in [-0.1, -0.05) is 0 Å². The van der Waals surface area contributed by atoms with Gasteiger partial charge in [0, 0.05) is 13.0 Å². The quantitative estimate of drug-likeness (QED) is 0.0839. The van der Waals surface area contributed by atoms with Gasteiger partial charge in [-0.2, -0.15) is 0 Å². The van der Waals surface area contributed by atoms with Crippen LogP contribution < -0.4 is 33.2 Å². The molecule has 0 aliphatic carbocycles. The Labute approximate surface area is 133 Å². The van der Waals surface area contributed by atoms with Crippen molar-refractivity contribution in [1.29, 1.82) is 5.41 Å². The number of rotatable bonds is 12. The van der Waals surface area contributed by atoms with Crippen LogP contribution in [0.3, 0.4) is 0 Å². The molecule has 0 aliphatic heterocycles. The number of hydrogen-bond donors (Lipinski definition) is 7. The average molecular weight is 329 g/mol. The standard InChI is InChI=1S/C12H23N7O4/c13-9(21)4-3-8(18-6-20)11(23)19-7(10(14)22)2-1-5-17-12(15)16/h6-8H,1-5H2,(H2,13,21)(H2,14,22)(H,18,20)(H,19,23)(H4,15,16,17)/t7-,8-/m0/s1. The Kier molecular flexibility index (Phi) is 9.48. The van der Waals surface area contributed by atoms with E-state index in [0.717, 1.165) is 0 Å². The molecule has 0 saturated heterocycles. The Hall–Kier alpha value is -2.85. The average Bonchev–Trinajstić information content (AvgIpc) is 2.45. The zero-order chi connectivity index (χ0) is 17.8. The third-order valence-electron chi connectivity index (χ3n) is 2.91. The Morgan fingerprint density at radius 1 is 1.09 bits per heavy atom. The number of carbonyl (C=O) groups is 4. The van der Waals surface area contributed by atoms with Gasteiger partial charge in [-0.25, -0.2) is 0 Å². The third kappa shape index (κ3) is 9.66. The second-order valence-electron chi connectivity index (χ2n) is 4.79. The lowest BCUT2D eigenvalue weighted by atomic mass is 10.1. The van der Waals surface area contributed by atoms with Gasteiger partial charge in [0.1, 0.15) is 12.1 Å². The number of guanidine groups is 1. The molecule has 23 heavy (non-hydrogen) atoms. The summed E-state index contributed by atoms with van der Waals surface area (Å²) in [6.07, 6.45) is 0.896. The summed E-state index contributed by atoms with van der Waals surface area (Å²) in [7, 11) is 0. The van der Waals surface area contributed by atoms with Crippen LogP contribution in [0.5, 0.6) is 0 Å². The van der Waals surface area contributed by atoms with Gasteiger partial charge in [0.25, 0.3) is 0 Å². The van der Waals surface area contributed by atoms with Crippen molar-refractivity contribution in [2.75, 3.05) is 6.54 Å². The lowest BCUT2D eigenvalue weighted by Gasteiger charge is -2.20. The zero-order valence-electron chi connectivity index (χ0n) is 12.6. The minimum absolute atomic E-state index is 0.0112. The largest absolute Gasteiger partial charge is 0.370 e. The van der Waals surface area contributed by atoms with E-state index < -0.39 is 29.8 Å². The molecule has 0 aromatic heterocycles. The van der Waals surface area contributed by atoms with Gasteiger partial charge in [0.2, 0.25) is 24.1 Å². The normalized spacial score (nSPS) is 12.5. The van der Waals surface area contributed by atoms with Crippen molar-refractivity contribution in [3.8, 4) is 0 Å². The van der Waals surface area contributed by atoms with Crippen LogP contribution in [0.2, 0.25) is 0 Å². The van der Waals surface area contributed by atoms with Gasteiger partial charge in [0.15, 0.2) is 5.96 Å². The molecule has 0 bridgehead atoms. The molecule has 0 rings (SSSR count). The maximum atomic E-state index is 12.0.